The number of hydrogen-bond donors (Lipinski definition) is 0. The minimum Gasteiger partial charge on any atom is -0.444 e. The lowest BCUT2D eigenvalue weighted by atomic mass is 9.79. The maximum Gasteiger partial charge on any atom is 0.410 e. The van der Waals surface area contributed by atoms with Crippen molar-refractivity contribution in [3.63, 3.8) is 0 Å². The van der Waals surface area contributed by atoms with Gasteiger partial charge >= 0.3 is 6.09 Å². The number of nitrogens with zero attached hydrogens (tertiary/aromatic N) is 1. The van der Waals surface area contributed by atoms with Crippen molar-refractivity contribution in [2.75, 3.05) is 6.54 Å². The van der Waals surface area contributed by atoms with Gasteiger partial charge in [0.05, 0.1) is 5.54 Å². The summed E-state index contributed by atoms with van der Waals surface area (Å²) in [5.74, 6) is 0.289. The van der Waals surface area contributed by atoms with E-state index < -0.39 is 5.60 Å². The third-order valence-electron chi connectivity index (χ3n) is 3.83. The highest BCUT2D eigenvalue weighted by Gasteiger charge is 2.47. The summed E-state index contributed by atoms with van der Waals surface area (Å²) in [7, 11) is 0. The van der Waals surface area contributed by atoms with Crippen molar-refractivity contribution in [2.45, 2.75) is 70.4 Å². The number of carbonyl (C=O) groups excluding carboxylic acids is 2. The molecule has 0 radical (unpaired) electrons. The smallest absolute Gasteiger partial charge is 0.410 e. The molecule has 1 heterocycles. The van der Waals surface area contributed by atoms with Crippen LogP contribution in [0.4, 0.5) is 4.79 Å². The molecule has 0 bridgehead atoms. The number of Topliss-reactive ketones (excluding diaryl/α,β-unsaturated/α-hetero) is 1. The van der Waals surface area contributed by atoms with E-state index in [0.717, 1.165) is 32.2 Å². The number of ketones is 1. The lowest BCUT2D eigenvalue weighted by Gasteiger charge is -2.41. The molecular weight excluding hydrogens is 230 g/mol. The average Bonchev–Trinajstić information content (AvgIpc) is 2.58. The van der Waals surface area contributed by atoms with Crippen molar-refractivity contribution in [1.82, 2.24) is 4.90 Å². The van der Waals surface area contributed by atoms with Crippen LogP contribution in [0, 0.1) is 0 Å². The number of carbonyl (C=O) groups is 2. The van der Waals surface area contributed by atoms with E-state index in [9.17, 15) is 9.59 Å². The Labute approximate surface area is 109 Å². The van der Waals surface area contributed by atoms with Gasteiger partial charge in [-0.1, -0.05) is 0 Å². The Morgan fingerprint density at radius 3 is 2.56 bits per heavy atom. The first-order valence-corrected chi connectivity index (χ1v) is 6.85. The molecule has 0 aromatic heterocycles. The largest absolute Gasteiger partial charge is 0.444 e. The van der Waals surface area contributed by atoms with Crippen molar-refractivity contribution in [3.8, 4) is 0 Å². The maximum absolute atomic E-state index is 12.2. The molecule has 1 atom stereocenters. The first kappa shape index (κ1) is 13.4. The molecule has 1 aliphatic heterocycles. The van der Waals surface area contributed by atoms with Crippen molar-refractivity contribution in [2.24, 2.45) is 0 Å². The molecule has 2 fully saturated rings. The first-order chi connectivity index (χ1) is 8.32. The first-order valence-electron chi connectivity index (χ1n) is 6.85. The Bertz CT molecular complexity index is 359. The van der Waals surface area contributed by atoms with Crippen LogP contribution in [0.3, 0.4) is 0 Å². The Balaban J connectivity index is 2.11. The lowest BCUT2D eigenvalue weighted by Crippen LogP contribution is -2.51. The third-order valence-corrected chi connectivity index (χ3v) is 3.83. The van der Waals surface area contributed by atoms with Crippen LogP contribution < -0.4 is 0 Å². The fourth-order valence-corrected chi connectivity index (χ4v) is 3.14. The summed E-state index contributed by atoms with van der Waals surface area (Å²) in [6, 6.07) is 0. The standard InChI is InChI=1S/C14H23NO3/c1-13(2,3)18-12(17)15-9-5-8-14(15)7-4-6-11(16)10-14/h4-10H2,1-3H3. The molecule has 1 amide bonds. The zero-order valence-electron chi connectivity index (χ0n) is 11.6. The number of rotatable bonds is 0. The number of hydrogen-bond acceptors (Lipinski definition) is 3. The van der Waals surface area contributed by atoms with Crippen LogP contribution in [0.25, 0.3) is 0 Å². The van der Waals surface area contributed by atoms with Gasteiger partial charge in [0.15, 0.2) is 0 Å². The summed E-state index contributed by atoms with van der Waals surface area (Å²) in [4.78, 5) is 25.7. The fraction of sp³-hybridized carbons (Fsp3) is 0.857. The van der Waals surface area contributed by atoms with Gasteiger partial charge in [-0.2, -0.15) is 0 Å². The van der Waals surface area contributed by atoms with Gasteiger partial charge in [0, 0.05) is 19.4 Å². The second-order valence-corrected chi connectivity index (χ2v) is 6.53. The van der Waals surface area contributed by atoms with Crippen LogP contribution in [-0.2, 0) is 9.53 Å². The summed E-state index contributed by atoms with van der Waals surface area (Å²) in [6.07, 6.45) is 4.70. The maximum atomic E-state index is 12.2. The lowest BCUT2D eigenvalue weighted by molar-refractivity contribution is -0.123. The zero-order chi connectivity index (χ0) is 13.4. The molecule has 4 nitrogen and oxygen atoms in total. The SMILES string of the molecule is CC(C)(C)OC(=O)N1CCCC12CCCC(=O)C2. The summed E-state index contributed by atoms with van der Waals surface area (Å²) in [5, 5.41) is 0. The van der Waals surface area contributed by atoms with E-state index in [1.54, 1.807) is 0 Å². The van der Waals surface area contributed by atoms with E-state index >= 15 is 0 Å². The Morgan fingerprint density at radius 1 is 1.28 bits per heavy atom. The molecule has 4 heteroatoms. The molecule has 1 aliphatic carbocycles. The van der Waals surface area contributed by atoms with Crippen molar-refractivity contribution in [3.05, 3.63) is 0 Å². The van der Waals surface area contributed by atoms with E-state index in [1.165, 1.54) is 0 Å². The monoisotopic (exact) mass is 253 g/mol. The molecule has 2 aliphatic rings. The average molecular weight is 253 g/mol. The van der Waals surface area contributed by atoms with Gasteiger partial charge in [0.25, 0.3) is 0 Å². The number of ether oxygens (including phenoxy) is 1. The highest BCUT2D eigenvalue weighted by Crippen LogP contribution is 2.41. The Hall–Kier alpha value is -1.06. The van der Waals surface area contributed by atoms with Crippen LogP contribution >= 0.6 is 0 Å². The van der Waals surface area contributed by atoms with Crippen LogP contribution in [-0.4, -0.2) is 34.5 Å². The summed E-state index contributed by atoms with van der Waals surface area (Å²) < 4.78 is 5.46. The molecule has 102 valence electrons. The van der Waals surface area contributed by atoms with Gasteiger partial charge in [-0.3, -0.25) is 4.79 Å². The number of amides is 1. The predicted molar refractivity (Wildman–Crippen MR) is 68.4 cm³/mol. The second kappa shape index (κ2) is 4.56. The Kier molecular flexibility index (Phi) is 3.39. The van der Waals surface area contributed by atoms with Gasteiger partial charge in [0.1, 0.15) is 11.4 Å². The normalized spacial score (nSPS) is 28.8. The molecule has 1 saturated carbocycles. The highest BCUT2D eigenvalue weighted by molar-refractivity contribution is 5.82. The fourth-order valence-electron chi connectivity index (χ4n) is 3.14. The molecule has 0 aromatic carbocycles. The molecular formula is C14H23NO3. The summed E-state index contributed by atoms with van der Waals surface area (Å²) in [5.41, 5.74) is -0.711. The van der Waals surface area contributed by atoms with Gasteiger partial charge in [-0.05, 0) is 46.5 Å². The van der Waals surface area contributed by atoms with E-state index in [4.69, 9.17) is 4.74 Å². The topological polar surface area (TPSA) is 46.6 Å². The van der Waals surface area contributed by atoms with Crippen molar-refractivity contribution in [1.29, 1.82) is 0 Å². The molecule has 2 rings (SSSR count). The summed E-state index contributed by atoms with van der Waals surface area (Å²) in [6.45, 7) is 6.35. The van der Waals surface area contributed by atoms with E-state index in [1.807, 2.05) is 25.7 Å². The van der Waals surface area contributed by atoms with Crippen LogP contribution in [0.1, 0.15) is 59.3 Å². The van der Waals surface area contributed by atoms with E-state index in [2.05, 4.69) is 0 Å². The van der Waals surface area contributed by atoms with Gasteiger partial charge < -0.3 is 9.64 Å². The van der Waals surface area contributed by atoms with Crippen LogP contribution in [0.2, 0.25) is 0 Å². The van der Waals surface area contributed by atoms with Crippen molar-refractivity contribution < 1.29 is 14.3 Å². The zero-order valence-corrected chi connectivity index (χ0v) is 11.6. The number of likely N-dealkylation sites (tertiary alicyclic amines) is 1. The Morgan fingerprint density at radius 2 is 1.94 bits per heavy atom. The van der Waals surface area contributed by atoms with Gasteiger partial charge in [-0.15, -0.1) is 0 Å². The van der Waals surface area contributed by atoms with Crippen LogP contribution in [0.15, 0.2) is 0 Å². The van der Waals surface area contributed by atoms with E-state index in [-0.39, 0.29) is 17.4 Å². The minimum absolute atomic E-state index is 0.238. The second-order valence-electron chi connectivity index (χ2n) is 6.53. The van der Waals surface area contributed by atoms with Gasteiger partial charge in [-0.25, -0.2) is 4.79 Å². The van der Waals surface area contributed by atoms with Crippen LogP contribution in [0.5, 0.6) is 0 Å². The molecule has 1 saturated heterocycles. The van der Waals surface area contributed by atoms with Gasteiger partial charge in [0.2, 0.25) is 0 Å². The summed E-state index contributed by atoms with van der Waals surface area (Å²) >= 11 is 0. The molecule has 0 N–H and O–H groups in total. The third kappa shape index (κ3) is 2.68. The molecule has 1 spiro atoms. The molecule has 18 heavy (non-hydrogen) atoms. The minimum atomic E-state index is -0.473. The quantitative estimate of drug-likeness (QED) is 0.667. The highest BCUT2D eigenvalue weighted by atomic mass is 16.6. The molecule has 1 unspecified atom stereocenters. The predicted octanol–water partition coefficient (Wildman–Crippen LogP) is 2.90. The molecule has 0 aromatic rings. The van der Waals surface area contributed by atoms with E-state index in [0.29, 0.717) is 12.8 Å². The van der Waals surface area contributed by atoms with Crippen molar-refractivity contribution >= 4 is 11.9 Å².